The number of ether oxygens (including phenoxy) is 1. The third-order valence-corrected chi connectivity index (χ3v) is 7.19. The molecular weight excluding hydrogens is 554 g/mol. The Balaban J connectivity index is 1.76. The van der Waals surface area contributed by atoms with Gasteiger partial charge in [0.2, 0.25) is 0 Å². The Labute approximate surface area is 234 Å². The Morgan fingerprint density at radius 1 is 1.07 bits per heavy atom. The fourth-order valence-electron chi connectivity index (χ4n) is 3.99. The van der Waals surface area contributed by atoms with Crippen molar-refractivity contribution >= 4 is 45.4 Å². The van der Waals surface area contributed by atoms with Crippen LogP contribution < -0.4 is 19.1 Å². The zero-order valence-electron chi connectivity index (χ0n) is 21.8. The van der Waals surface area contributed by atoms with E-state index in [1.165, 1.54) is 61.7 Å². The van der Waals surface area contributed by atoms with E-state index >= 15 is 0 Å². The van der Waals surface area contributed by atoms with Crippen molar-refractivity contribution in [3.8, 4) is 11.5 Å². The molecule has 4 amide bonds. The molecule has 1 aliphatic heterocycles. The van der Waals surface area contributed by atoms with Crippen molar-refractivity contribution in [1.82, 2.24) is 5.32 Å². The lowest BCUT2D eigenvalue weighted by Crippen LogP contribution is -2.54. The molecule has 12 nitrogen and oxygen atoms in total. The van der Waals surface area contributed by atoms with Gasteiger partial charge >= 0.3 is 16.1 Å². The number of anilines is 1. The summed E-state index contributed by atoms with van der Waals surface area (Å²) >= 11 is 0. The van der Waals surface area contributed by atoms with Crippen molar-refractivity contribution in [1.29, 1.82) is 0 Å². The van der Waals surface area contributed by atoms with Gasteiger partial charge in [-0.1, -0.05) is 29.8 Å². The summed E-state index contributed by atoms with van der Waals surface area (Å²) in [6, 6.07) is 12.6. The molecule has 0 aliphatic carbocycles. The molecule has 4 rings (SSSR count). The van der Waals surface area contributed by atoms with Gasteiger partial charge in [0.15, 0.2) is 11.5 Å². The predicted molar refractivity (Wildman–Crippen MR) is 148 cm³/mol. The lowest BCUT2D eigenvalue weighted by atomic mass is 10.0. The number of hydrogen-bond acceptors (Lipinski definition) is 9. The maximum Gasteiger partial charge on any atom is 0.339 e. The van der Waals surface area contributed by atoms with Crippen molar-refractivity contribution in [3.63, 3.8) is 0 Å². The van der Waals surface area contributed by atoms with Gasteiger partial charge < -0.3 is 8.92 Å². The number of rotatable bonds is 9. The lowest BCUT2D eigenvalue weighted by Gasteiger charge is -2.26. The molecular formula is C28H23N3O9S. The molecule has 0 saturated carbocycles. The first-order valence-electron chi connectivity index (χ1n) is 11.9. The van der Waals surface area contributed by atoms with Crippen molar-refractivity contribution in [2.24, 2.45) is 0 Å². The van der Waals surface area contributed by atoms with Crippen LogP contribution >= 0.6 is 0 Å². The number of allylic oxidation sites excluding steroid dienone is 1. The molecule has 13 heteroatoms. The van der Waals surface area contributed by atoms with E-state index in [-0.39, 0.29) is 39.8 Å². The summed E-state index contributed by atoms with van der Waals surface area (Å²) in [5.74, 6) is -2.14. The van der Waals surface area contributed by atoms with E-state index in [9.17, 15) is 32.9 Å². The second kappa shape index (κ2) is 11.4. The van der Waals surface area contributed by atoms with Crippen LogP contribution in [0.3, 0.4) is 0 Å². The van der Waals surface area contributed by atoms with E-state index in [2.05, 4.69) is 6.58 Å². The fraction of sp³-hybridized carbons (Fsp3) is 0.107. The van der Waals surface area contributed by atoms with Gasteiger partial charge in [-0.2, -0.15) is 8.42 Å². The molecule has 0 unspecified atom stereocenters. The van der Waals surface area contributed by atoms with Gasteiger partial charge in [0.05, 0.1) is 17.7 Å². The normalized spacial score (nSPS) is 14.5. The topological polar surface area (TPSA) is 162 Å². The molecule has 0 aromatic heterocycles. The molecule has 1 aliphatic rings. The van der Waals surface area contributed by atoms with Gasteiger partial charge in [0, 0.05) is 17.7 Å². The smallest absolute Gasteiger partial charge is 0.339 e. The van der Waals surface area contributed by atoms with E-state index in [0.717, 1.165) is 11.6 Å². The summed E-state index contributed by atoms with van der Waals surface area (Å²) in [7, 11) is -2.97. The first-order valence-corrected chi connectivity index (χ1v) is 13.3. The first kappa shape index (κ1) is 28.7. The number of carbonyl (C=O) groups excluding carboxylic acids is 3. The minimum Gasteiger partial charge on any atom is -0.493 e. The van der Waals surface area contributed by atoms with Crippen molar-refractivity contribution in [3.05, 3.63) is 106 Å². The summed E-state index contributed by atoms with van der Waals surface area (Å²) in [6.45, 7) is 5.50. The lowest BCUT2D eigenvalue weighted by molar-refractivity contribution is -0.384. The number of nitrogens with zero attached hydrogens (tertiary/aromatic N) is 2. The summed E-state index contributed by atoms with van der Waals surface area (Å²) in [5, 5.41) is 13.2. The zero-order chi connectivity index (χ0) is 29.9. The van der Waals surface area contributed by atoms with Gasteiger partial charge in [-0.05, 0) is 55.3 Å². The van der Waals surface area contributed by atoms with Crippen LogP contribution in [-0.4, -0.2) is 38.3 Å². The molecule has 210 valence electrons. The van der Waals surface area contributed by atoms with Gasteiger partial charge in [-0.15, -0.1) is 6.58 Å². The predicted octanol–water partition coefficient (Wildman–Crippen LogP) is 4.07. The molecule has 41 heavy (non-hydrogen) atoms. The summed E-state index contributed by atoms with van der Waals surface area (Å²) in [6.07, 6.45) is 2.81. The molecule has 1 fully saturated rings. The number of hydrogen-bond donors (Lipinski definition) is 1. The fourth-order valence-corrected chi connectivity index (χ4v) is 4.96. The van der Waals surface area contributed by atoms with E-state index < -0.39 is 38.5 Å². The monoisotopic (exact) mass is 577 g/mol. The quantitative estimate of drug-likeness (QED) is 0.0986. The highest BCUT2D eigenvalue weighted by Crippen LogP contribution is 2.37. The average Bonchev–Trinajstić information content (AvgIpc) is 2.92. The Hall–Kier alpha value is -5.30. The Morgan fingerprint density at radius 3 is 2.41 bits per heavy atom. The Kier molecular flexibility index (Phi) is 8.01. The maximum absolute atomic E-state index is 13.3. The minimum atomic E-state index is -4.25. The molecule has 0 radical (unpaired) electrons. The van der Waals surface area contributed by atoms with Crippen LogP contribution in [0.4, 0.5) is 16.2 Å². The molecule has 3 aromatic rings. The number of nitro benzene ring substituents is 1. The van der Waals surface area contributed by atoms with Gasteiger partial charge in [-0.3, -0.25) is 25.0 Å². The molecule has 0 bridgehead atoms. The molecule has 0 spiro atoms. The summed E-state index contributed by atoms with van der Waals surface area (Å²) < 4.78 is 36.9. The number of barbiturate groups is 1. The highest BCUT2D eigenvalue weighted by molar-refractivity contribution is 7.87. The maximum atomic E-state index is 13.3. The number of aryl methyl sites for hydroxylation is 1. The second-order valence-corrected chi connectivity index (χ2v) is 10.3. The van der Waals surface area contributed by atoms with Gasteiger partial charge in [0.1, 0.15) is 10.5 Å². The third-order valence-electron chi connectivity index (χ3n) is 5.95. The second-order valence-electron chi connectivity index (χ2n) is 8.79. The number of nitro groups is 1. The number of urea groups is 1. The SMILES string of the molecule is C=CCc1cc(/C=C2\C(=O)NC(=O)N(c3cccc([N+](=O)[O-])c3)C2=O)cc(OC)c1OS(=O)(=O)c1ccc(C)cc1. The number of methoxy groups -OCH3 is 1. The van der Waals surface area contributed by atoms with Gasteiger partial charge in [-0.25, -0.2) is 9.69 Å². The minimum absolute atomic E-state index is 0.0119. The van der Waals surface area contributed by atoms with E-state index in [0.29, 0.717) is 10.5 Å². The largest absolute Gasteiger partial charge is 0.493 e. The van der Waals surface area contributed by atoms with Crippen LogP contribution in [0, 0.1) is 17.0 Å². The van der Waals surface area contributed by atoms with E-state index in [1.807, 2.05) is 12.2 Å². The Bertz CT molecular complexity index is 1730. The molecule has 3 aromatic carbocycles. The number of benzene rings is 3. The highest BCUT2D eigenvalue weighted by atomic mass is 32.2. The number of imide groups is 2. The molecule has 1 heterocycles. The van der Waals surface area contributed by atoms with Crippen molar-refractivity contribution in [2.45, 2.75) is 18.2 Å². The van der Waals surface area contributed by atoms with Crippen LogP contribution in [0.25, 0.3) is 6.08 Å². The van der Waals surface area contributed by atoms with Crippen LogP contribution in [0.1, 0.15) is 16.7 Å². The van der Waals surface area contributed by atoms with Crippen LogP contribution in [-0.2, 0) is 26.1 Å². The molecule has 0 atom stereocenters. The van der Waals surface area contributed by atoms with Crippen molar-refractivity contribution in [2.75, 3.05) is 12.0 Å². The highest BCUT2D eigenvalue weighted by Gasteiger charge is 2.37. The first-order chi connectivity index (χ1) is 19.4. The Morgan fingerprint density at radius 2 is 1.78 bits per heavy atom. The number of nitrogens with one attached hydrogen (secondary N) is 1. The zero-order valence-corrected chi connectivity index (χ0v) is 22.6. The van der Waals surface area contributed by atoms with Gasteiger partial charge in [0.25, 0.3) is 17.5 Å². The van der Waals surface area contributed by atoms with E-state index in [4.69, 9.17) is 8.92 Å². The van der Waals surface area contributed by atoms with Crippen LogP contribution in [0.2, 0.25) is 0 Å². The van der Waals surface area contributed by atoms with Crippen LogP contribution in [0.15, 0.2) is 83.8 Å². The molecule has 1 saturated heterocycles. The number of amides is 4. The number of non-ortho nitro benzene ring substituents is 1. The summed E-state index contributed by atoms with van der Waals surface area (Å²) in [4.78, 5) is 49.5. The van der Waals surface area contributed by atoms with Crippen LogP contribution in [0.5, 0.6) is 11.5 Å². The average molecular weight is 578 g/mol. The van der Waals surface area contributed by atoms with E-state index in [1.54, 1.807) is 12.1 Å². The third kappa shape index (κ3) is 5.99. The molecule has 1 N–H and O–H groups in total. The standard InChI is InChI=1S/C28H23N3O9S/c1-4-6-19-13-18(15-24(39-3)25(19)40-41(37,38)22-11-9-17(2)10-12-22)14-23-26(32)29-28(34)30(27(23)33)20-7-5-8-21(16-20)31(35)36/h4-5,7-16H,1,6H2,2-3H3,(H,29,32,34)/b23-14+. The van der Waals surface area contributed by atoms with Crippen molar-refractivity contribution < 1.29 is 36.6 Å². The summed E-state index contributed by atoms with van der Waals surface area (Å²) in [5.41, 5.74) is 0.486. The number of carbonyl (C=O) groups is 3.